The highest BCUT2D eigenvalue weighted by atomic mass is 35.5. The van der Waals surface area contributed by atoms with Crippen molar-refractivity contribution >= 4 is 23.5 Å². The van der Waals surface area contributed by atoms with Gasteiger partial charge in [-0.25, -0.2) is 9.07 Å². The number of rotatable bonds is 5. The van der Waals surface area contributed by atoms with E-state index in [0.717, 1.165) is 5.56 Å². The first kappa shape index (κ1) is 18.9. The number of carbonyl (C=O) groups excluding carboxylic acids is 1. The zero-order chi connectivity index (χ0) is 20.5. The molecular formula is C20H17ClFN5O2. The molecule has 3 N–H and O–H groups in total. The number of fused-ring (bicyclic) bond motifs is 1. The van der Waals surface area contributed by atoms with Crippen molar-refractivity contribution < 1.29 is 13.9 Å². The molecular weight excluding hydrogens is 397 g/mol. The summed E-state index contributed by atoms with van der Waals surface area (Å²) in [6.07, 6.45) is 1.40. The van der Waals surface area contributed by atoms with Crippen LogP contribution in [0.25, 0.3) is 0 Å². The Bertz CT molecular complexity index is 1090. The summed E-state index contributed by atoms with van der Waals surface area (Å²) in [5, 5.41) is 7.55. The van der Waals surface area contributed by atoms with Gasteiger partial charge in [0.25, 0.3) is 0 Å². The summed E-state index contributed by atoms with van der Waals surface area (Å²) in [6.45, 7) is 1.76. The SMILES string of the molecule is CC1=C(C(N)=O)[C@@H](c2ccc(OCc3c(F)cccc3Cl)cc2)n2ncnc2N1. The predicted molar refractivity (Wildman–Crippen MR) is 106 cm³/mol. The van der Waals surface area contributed by atoms with Gasteiger partial charge in [-0.1, -0.05) is 29.8 Å². The zero-order valence-electron chi connectivity index (χ0n) is 15.4. The van der Waals surface area contributed by atoms with Gasteiger partial charge in [0.1, 0.15) is 30.5 Å². The van der Waals surface area contributed by atoms with Gasteiger partial charge in [0.15, 0.2) is 0 Å². The quantitative estimate of drug-likeness (QED) is 0.668. The van der Waals surface area contributed by atoms with Crippen molar-refractivity contribution in [2.24, 2.45) is 5.73 Å². The number of anilines is 1. The van der Waals surface area contributed by atoms with Crippen LogP contribution in [0.1, 0.15) is 24.1 Å². The highest BCUT2D eigenvalue weighted by Gasteiger charge is 2.32. The Morgan fingerprint density at radius 1 is 1.31 bits per heavy atom. The zero-order valence-corrected chi connectivity index (χ0v) is 16.2. The summed E-state index contributed by atoms with van der Waals surface area (Å²) in [4.78, 5) is 16.2. The van der Waals surface area contributed by atoms with Crippen LogP contribution in [0.4, 0.5) is 10.3 Å². The second kappa shape index (κ2) is 7.56. The first-order valence-corrected chi connectivity index (χ1v) is 9.16. The van der Waals surface area contributed by atoms with Gasteiger partial charge < -0.3 is 15.8 Å². The molecule has 3 aromatic rings. The van der Waals surface area contributed by atoms with Crippen LogP contribution >= 0.6 is 11.6 Å². The average Bonchev–Trinajstić information content (AvgIpc) is 3.15. The molecule has 1 atom stereocenters. The Morgan fingerprint density at radius 3 is 2.76 bits per heavy atom. The molecule has 2 aromatic carbocycles. The predicted octanol–water partition coefficient (Wildman–Crippen LogP) is 3.42. The highest BCUT2D eigenvalue weighted by Crippen LogP contribution is 2.35. The number of nitrogens with two attached hydrogens (primary N) is 1. The lowest BCUT2D eigenvalue weighted by Crippen LogP contribution is -2.31. The van der Waals surface area contributed by atoms with Crippen molar-refractivity contribution in [3.05, 3.63) is 82.0 Å². The number of halogens is 2. The molecule has 1 aliphatic rings. The lowest BCUT2D eigenvalue weighted by molar-refractivity contribution is -0.115. The monoisotopic (exact) mass is 413 g/mol. The molecule has 0 radical (unpaired) electrons. The molecule has 2 heterocycles. The van der Waals surface area contributed by atoms with Gasteiger partial charge in [-0.3, -0.25) is 4.79 Å². The van der Waals surface area contributed by atoms with E-state index < -0.39 is 17.8 Å². The van der Waals surface area contributed by atoms with E-state index in [4.69, 9.17) is 22.1 Å². The van der Waals surface area contributed by atoms with Crippen LogP contribution in [0.3, 0.4) is 0 Å². The molecule has 0 saturated carbocycles. The van der Waals surface area contributed by atoms with E-state index in [0.29, 0.717) is 33.6 Å². The smallest absolute Gasteiger partial charge is 0.248 e. The number of primary amides is 1. The number of hydrogen-bond acceptors (Lipinski definition) is 5. The maximum atomic E-state index is 13.9. The molecule has 0 aliphatic carbocycles. The van der Waals surface area contributed by atoms with E-state index in [2.05, 4.69) is 15.4 Å². The van der Waals surface area contributed by atoms with Crippen LogP contribution < -0.4 is 15.8 Å². The number of ether oxygens (including phenoxy) is 1. The van der Waals surface area contributed by atoms with Gasteiger partial charge in [-0.05, 0) is 36.8 Å². The fourth-order valence-electron chi connectivity index (χ4n) is 3.29. The number of carbonyl (C=O) groups is 1. The Balaban J connectivity index is 1.60. The summed E-state index contributed by atoms with van der Waals surface area (Å²) < 4.78 is 21.2. The summed E-state index contributed by atoms with van der Waals surface area (Å²) in [5.74, 6) is 0.0825. The molecule has 1 aliphatic heterocycles. The Kier molecular flexibility index (Phi) is 4.94. The fraction of sp³-hybridized carbons (Fsp3) is 0.150. The second-order valence-electron chi connectivity index (χ2n) is 6.52. The lowest BCUT2D eigenvalue weighted by atomic mass is 9.95. The largest absolute Gasteiger partial charge is 0.489 e. The number of amides is 1. The van der Waals surface area contributed by atoms with Crippen molar-refractivity contribution in [3.63, 3.8) is 0 Å². The molecule has 0 bridgehead atoms. The van der Waals surface area contributed by atoms with Crippen LogP contribution in [0.15, 0.2) is 60.1 Å². The molecule has 1 amide bonds. The maximum absolute atomic E-state index is 13.9. The molecule has 0 unspecified atom stereocenters. The summed E-state index contributed by atoms with van der Waals surface area (Å²) in [7, 11) is 0. The van der Waals surface area contributed by atoms with E-state index in [1.54, 1.807) is 48.0 Å². The van der Waals surface area contributed by atoms with E-state index in [9.17, 15) is 9.18 Å². The number of hydrogen-bond donors (Lipinski definition) is 2. The van der Waals surface area contributed by atoms with Gasteiger partial charge in [0.05, 0.1) is 10.6 Å². The Morgan fingerprint density at radius 2 is 2.07 bits per heavy atom. The van der Waals surface area contributed by atoms with E-state index >= 15 is 0 Å². The first-order chi connectivity index (χ1) is 14.0. The van der Waals surface area contributed by atoms with E-state index in [-0.39, 0.29) is 6.61 Å². The van der Waals surface area contributed by atoms with Crippen LogP contribution in [-0.4, -0.2) is 20.7 Å². The topological polar surface area (TPSA) is 95.1 Å². The van der Waals surface area contributed by atoms with Crippen molar-refractivity contribution in [2.45, 2.75) is 19.6 Å². The summed E-state index contributed by atoms with van der Waals surface area (Å²) >= 11 is 6.03. The number of benzene rings is 2. The minimum absolute atomic E-state index is 0.00300. The van der Waals surface area contributed by atoms with E-state index in [1.165, 1.54) is 12.4 Å². The number of aromatic nitrogens is 3. The first-order valence-electron chi connectivity index (χ1n) is 8.78. The molecule has 4 rings (SSSR count). The average molecular weight is 414 g/mol. The van der Waals surface area contributed by atoms with Crippen LogP contribution in [0.5, 0.6) is 5.75 Å². The van der Waals surface area contributed by atoms with Gasteiger partial charge in [0.2, 0.25) is 11.9 Å². The number of nitrogens with zero attached hydrogens (tertiary/aromatic N) is 3. The standard InChI is InChI=1S/C20H17ClFN5O2/c1-11-17(19(23)28)18(27-20(26-11)24-10-25-27)12-5-7-13(8-6-12)29-9-14-15(21)3-2-4-16(14)22/h2-8,10,18H,9H2,1H3,(H2,23,28)(H,24,25,26)/t18-/m1/s1. The highest BCUT2D eigenvalue weighted by molar-refractivity contribution is 6.31. The van der Waals surface area contributed by atoms with Crippen molar-refractivity contribution in [1.82, 2.24) is 14.8 Å². The lowest BCUT2D eigenvalue weighted by Gasteiger charge is -2.27. The fourth-order valence-corrected chi connectivity index (χ4v) is 3.51. The molecule has 29 heavy (non-hydrogen) atoms. The maximum Gasteiger partial charge on any atom is 0.248 e. The Hall–Kier alpha value is -3.39. The molecule has 1 aromatic heterocycles. The van der Waals surface area contributed by atoms with Gasteiger partial charge in [-0.15, -0.1) is 0 Å². The van der Waals surface area contributed by atoms with Crippen LogP contribution in [-0.2, 0) is 11.4 Å². The van der Waals surface area contributed by atoms with Crippen molar-refractivity contribution in [2.75, 3.05) is 5.32 Å². The molecule has 0 saturated heterocycles. The molecule has 7 nitrogen and oxygen atoms in total. The minimum Gasteiger partial charge on any atom is -0.489 e. The van der Waals surface area contributed by atoms with Crippen LogP contribution in [0, 0.1) is 5.82 Å². The Labute approximate surface area is 171 Å². The third kappa shape index (κ3) is 3.54. The summed E-state index contributed by atoms with van der Waals surface area (Å²) in [5.41, 5.74) is 7.70. The van der Waals surface area contributed by atoms with Crippen molar-refractivity contribution in [1.29, 1.82) is 0 Å². The molecule has 0 fully saturated rings. The third-order valence-electron chi connectivity index (χ3n) is 4.70. The molecule has 9 heteroatoms. The second-order valence-corrected chi connectivity index (χ2v) is 6.92. The van der Waals surface area contributed by atoms with Gasteiger partial charge in [-0.2, -0.15) is 10.1 Å². The van der Waals surface area contributed by atoms with Gasteiger partial charge >= 0.3 is 0 Å². The number of nitrogens with one attached hydrogen (secondary N) is 1. The number of allylic oxidation sites excluding steroid dienone is 1. The van der Waals surface area contributed by atoms with Gasteiger partial charge in [0, 0.05) is 11.3 Å². The molecule has 148 valence electrons. The minimum atomic E-state index is -0.546. The van der Waals surface area contributed by atoms with E-state index in [1.807, 2.05) is 0 Å². The molecule has 0 spiro atoms. The van der Waals surface area contributed by atoms with Crippen LogP contribution in [0.2, 0.25) is 5.02 Å². The normalized spacial score (nSPS) is 15.6. The van der Waals surface area contributed by atoms with Crippen molar-refractivity contribution in [3.8, 4) is 5.75 Å². The summed E-state index contributed by atoms with van der Waals surface area (Å²) in [6, 6.07) is 11.0. The third-order valence-corrected chi connectivity index (χ3v) is 5.05.